The number of ether oxygens (including phenoxy) is 2. The summed E-state index contributed by atoms with van der Waals surface area (Å²) in [5, 5.41) is 67.6. The van der Waals surface area contributed by atoms with Crippen molar-refractivity contribution in [3.8, 4) is 0 Å². The number of nitrogens with one attached hydrogen (secondary N) is 2. The average Bonchev–Trinajstić information content (AvgIpc) is 3.14. The molecule has 1 aliphatic heterocycles. The van der Waals surface area contributed by atoms with Gasteiger partial charge in [-0.3, -0.25) is 0 Å². The molecule has 2 amide bonds. The smallest absolute Gasteiger partial charge is 0.315 e. The number of hydrogen-bond donors (Lipinski definition) is 8. The summed E-state index contributed by atoms with van der Waals surface area (Å²) in [7, 11) is 0. The third kappa shape index (κ3) is 23.7. The maximum atomic E-state index is 12.8. The van der Waals surface area contributed by atoms with E-state index in [0.717, 1.165) is 44.9 Å². The SMILES string of the molecule is CCCCCCCCCCCCCCCCNC(=O)N[C@@H](COC1OC(CO)C(O)C(O)C1O)[C@H](O)[C@H](O)CCCCCCCCCCCCCC. The summed E-state index contributed by atoms with van der Waals surface area (Å²) in [4.78, 5) is 12.8. The van der Waals surface area contributed by atoms with E-state index in [0.29, 0.717) is 13.0 Å². The van der Waals surface area contributed by atoms with Crippen molar-refractivity contribution in [1.29, 1.82) is 0 Å². The minimum atomic E-state index is -1.62. The number of rotatable bonds is 35. The van der Waals surface area contributed by atoms with Gasteiger partial charge in [0.25, 0.3) is 0 Å². The fourth-order valence-electron chi connectivity index (χ4n) is 7.00. The first kappa shape index (κ1) is 49.0. The van der Waals surface area contributed by atoms with Gasteiger partial charge in [0.05, 0.1) is 25.4 Å². The van der Waals surface area contributed by atoms with Gasteiger partial charge in [0.1, 0.15) is 30.5 Å². The second-order valence-electron chi connectivity index (χ2n) is 15.4. The molecular weight excluding hydrogens is 664 g/mol. The lowest BCUT2D eigenvalue weighted by molar-refractivity contribution is -0.303. The molecule has 310 valence electrons. The molecule has 8 atom stereocenters. The summed E-state index contributed by atoms with van der Waals surface area (Å²) in [6.45, 7) is 4.02. The van der Waals surface area contributed by atoms with Crippen molar-refractivity contribution in [2.75, 3.05) is 19.8 Å². The zero-order valence-electron chi connectivity index (χ0n) is 33.2. The molecule has 1 rings (SSSR count). The maximum Gasteiger partial charge on any atom is 0.315 e. The molecule has 0 radical (unpaired) electrons. The number of aliphatic hydroxyl groups excluding tert-OH is 6. The Kier molecular flexibility index (Phi) is 31.4. The number of unbranched alkanes of at least 4 members (excludes halogenated alkanes) is 24. The number of hydrogen-bond acceptors (Lipinski definition) is 9. The number of aliphatic hydroxyl groups is 6. The Bertz CT molecular complexity index is 808. The topological polar surface area (TPSA) is 181 Å². The lowest BCUT2D eigenvalue weighted by Crippen LogP contribution is -2.60. The minimum Gasteiger partial charge on any atom is -0.394 e. The number of carbonyl (C=O) groups is 1. The van der Waals surface area contributed by atoms with Crippen molar-refractivity contribution in [2.45, 2.75) is 236 Å². The van der Waals surface area contributed by atoms with Gasteiger partial charge in [-0.2, -0.15) is 0 Å². The lowest BCUT2D eigenvalue weighted by atomic mass is 9.98. The fraction of sp³-hybridized carbons (Fsp3) is 0.976. The van der Waals surface area contributed by atoms with Crippen molar-refractivity contribution in [2.24, 2.45) is 0 Å². The van der Waals surface area contributed by atoms with Gasteiger partial charge in [-0.15, -0.1) is 0 Å². The molecular formula is C41H82N2O9. The normalized spacial score (nSPS) is 22.3. The van der Waals surface area contributed by atoms with Crippen LogP contribution in [0.4, 0.5) is 4.79 Å². The van der Waals surface area contributed by atoms with Crippen LogP contribution in [0, 0.1) is 0 Å². The monoisotopic (exact) mass is 747 g/mol. The Morgan fingerprint density at radius 1 is 0.615 bits per heavy atom. The van der Waals surface area contributed by atoms with E-state index in [1.165, 1.54) is 122 Å². The molecule has 0 bridgehead atoms. The van der Waals surface area contributed by atoms with Gasteiger partial charge in [0.15, 0.2) is 6.29 Å². The first-order chi connectivity index (χ1) is 25.3. The molecule has 11 nitrogen and oxygen atoms in total. The largest absolute Gasteiger partial charge is 0.394 e. The highest BCUT2D eigenvalue weighted by atomic mass is 16.7. The molecule has 8 N–H and O–H groups in total. The summed E-state index contributed by atoms with van der Waals surface area (Å²) < 4.78 is 11.1. The van der Waals surface area contributed by atoms with Crippen molar-refractivity contribution in [3.05, 3.63) is 0 Å². The van der Waals surface area contributed by atoms with Gasteiger partial charge in [-0.1, -0.05) is 174 Å². The van der Waals surface area contributed by atoms with E-state index in [1.807, 2.05) is 0 Å². The first-order valence-corrected chi connectivity index (χ1v) is 21.6. The van der Waals surface area contributed by atoms with Gasteiger partial charge in [0, 0.05) is 6.54 Å². The van der Waals surface area contributed by atoms with Gasteiger partial charge in [-0.25, -0.2) is 4.79 Å². The molecule has 1 fully saturated rings. The van der Waals surface area contributed by atoms with Crippen LogP contribution in [0.15, 0.2) is 0 Å². The van der Waals surface area contributed by atoms with Crippen molar-refractivity contribution in [3.63, 3.8) is 0 Å². The molecule has 1 aliphatic rings. The highest BCUT2D eigenvalue weighted by Gasteiger charge is 2.44. The van der Waals surface area contributed by atoms with Crippen LogP contribution in [0.1, 0.15) is 187 Å². The molecule has 0 aromatic heterocycles. The molecule has 5 unspecified atom stereocenters. The zero-order chi connectivity index (χ0) is 38.2. The maximum absolute atomic E-state index is 12.8. The van der Waals surface area contributed by atoms with Crippen molar-refractivity contribution < 1.29 is 44.9 Å². The molecule has 0 aromatic carbocycles. The van der Waals surface area contributed by atoms with Crippen LogP contribution in [0.25, 0.3) is 0 Å². The van der Waals surface area contributed by atoms with Crippen LogP contribution >= 0.6 is 0 Å². The summed E-state index contributed by atoms with van der Waals surface area (Å²) in [5.41, 5.74) is 0. The molecule has 11 heteroatoms. The van der Waals surface area contributed by atoms with E-state index < -0.39 is 61.6 Å². The Hall–Kier alpha value is -1.05. The second kappa shape index (κ2) is 33.3. The Labute approximate surface area is 317 Å². The van der Waals surface area contributed by atoms with E-state index in [9.17, 15) is 35.4 Å². The number of amides is 2. The highest BCUT2D eigenvalue weighted by Crippen LogP contribution is 2.23. The molecule has 1 saturated heterocycles. The lowest BCUT2D eigenvalue weighted by Gasteiger charge is -2.40. The Balaban J connectivity index is 2.42. The predicted octanol–water partition coefficient (Wildman–Crippen LogP) is 6.77. The van der Waals surface area contributed by atoms with Gasteiger partial charge in [-0.05, 0) is 12.8 Å². The summed E-state index contributed by atoms with van der Waals surface area (Å²) in [6, 6.07) is -1.55. The second-order valence-corrected chi connectivity index (χ2v) is 15.4. The van der Waals surface area contributed by atoms with Gasteiger partial charge in [0.2, 0.25) is 0 Å². The van der Waals surface area contributed by atoms with Gasteiger partial charge < -0.3 is 50.7 Å². The third-order valence-electron chi connectivity index (χ3n) is 10.6. The first-order valence-electron chi connectivity index (χ1n) is 21.6. The number of urea groups is 1. The fourth-order valence-corrected chi connectivity index (χ4v) is 7.00. The van der Waals surface area contributed by atoms with Crippen molar-refractivity contribution >= 4 is 6.03 Å². The molecule has 0 spiro atoms. The van der Waals surface area contributed by atoms with Crippen LogP contribution < -0.4 is 10.6 Å². The van der Waals surface area contributed by atoms with Crippen LogP contribution in [-0.4, -0.2) is 105 Å². The molecule has 0 aliphatic carbocycles. The van der Waals surface area contributed by atoms with E-state index in [4.69, 9.17) is 9.47 Å². The summed E-state index contributed by atoms with van der Waals surface area (Å²) in [6.07, 6.45) is 22.3. The van der Waals surface area contributed by atoms with E-state index in [1.54, 1.807) is 0 Å². The summed E-state index contributed by atoms with van der Waals surface area (Å²) >= 11 is 0. The minimum absolute atomic E-state index is 0.342. The predicted molar refractivity (Wildman–Crippen MR) is 208 cm³/mol. The van der Waals surface area contributed by atoms with Crippen LogP contribution in [0.5, 0.6) is 0 Å². The summed E-state index contributed by atoms with van der Waals surface area (Å²) in [5.74, 6) is 0. The van der Waals surface area contributed by atoms with E-state index >= 15 is 0 Å². The average molecular weight is 747 g/mol. The van der Waals surface area contributed by atoms with E-state index in [2.05, 4.69) is 24.5 Å². The highest BCUT2D eigenvalue weighted by molar-refractivity contribution is 5.74. The standard InChI is InChI=1S/C41H82N2O9/c1-3-5-7-9-11-13-15-17-18-20-22-24-26-28-30-42-41(50)43-33(32-51-40-39(49)38(48)37(47)35(31-44)52-40)36(46)34(45)29-27-25-23-21-19-16-14-12-10-8-6-4-2/h33-40,44-49H,3-32H2,1-2H3,(H2,42,43,50)/t33-,34+,35?,36-,37?,38?,39?,40?/m0/s1. The third-order valence-corrected chi connectivity index (χ3v) is 10.6. The Morgan fingerprint density at radius 3 is 1.48 bits per heavy atom. The van der Waals surface area contributed by atoms with Crippen LogP contribution in [0.2, 0.25) is 0 Å². The Morgan fingerprint density at radius 2 is 1.04 bits per heavy atom. The van der Waals surface area contributed by atoms with Crippen LogP contribution in [-0.2, 0) is 9.47 Å². The molecule has 52 heavy (non-hydrogen) atoms. The van der Waals surface area contributed by atoms with E-state index in [-0.39, 0.29) is 6.61 Å². The molecule has 1 heterocycles. The molecule has 0 saturated carbocycles. The van der Waals surface area contributed by atoms with Crippen molar-refractivity contribution in [1.82, 2.24) is 10.6 Å². The van der Waals surface area contributed by atoms with Gasteiger partial charge >= 0.3 is 6.03 Å². The number of carbonyl (C=O) groups excluding carboxylic acids is 1. The van der Waals surface area contributed by atoms with Crippen LogP contribution in [0.3, 0.4) is 0 Å². The quantitative estimate of drug-likeness (QED) is 0.0325. The zero-order valence-corrected chi connectivity index (χ0v) is 33.2. The molecule has 0 aromatic rings.